The normalized spacial score (nSPS) is 10.8. The number of nitrogens with zero attached hydrogens (tertiary/aromatic N) is 2. The summed E-state index contributed by atoms with van der Waals surface area (Å²) in [6, 6.07) is 10.2. The maximum atomic E-state index is 12.3. The van der Waals surface area contributed by atoms with Crippen LogP contribution in [0.4, 0.5) is 22.0 Å². The molecule has 0 bridgehead atoms. The summed E-state index contributed by atoms with van der Waals surface area (Å²) in [5, 5.41) is 5.41. The van der Waals surface area contributed by atoms with Crippen molar-refractivity contribution in [1.29, 1.82) is 0 Å². The SMILES string of the molecule is CN(C)c1ccc(NC(=O)c2ccc(NC(=O)OC(C)(C)C)cc2)cn1. The zero-order chi connectivity index (χ0) is 19.3. The number of hydrogen-bond acceptors (Lipinski definition) is 5. The smallest absolute Gasteiger partial charge is 0.412 e. The third kappa shape index (κ3) is 5.77. The van der Waals surface area contributed by atoms with Crippen LogP contribution in [0.3, 0.4) is 0 Å². The van der Waals surface area contributed by atoms with Gasteiger partial charge in [-0.2, -0.15) is 0 Å². The maximum Gasteiger partial charge on any atom is 0.412 e. The number of amides is 2. The lowest BCUT2D eigenvalue weighted by atomic mass is 10.2. The largest absolute Gasteiger partial charge is 0.444 e. The first-order chi connectivity index (χ1) is 12.1. The average molecular weight is 356 g/mol. The minimum absolute atomic E-state index is 0.256. The first-order valence-corrected chi connectivity index (χ1v) is 8.19. The number of anilines is 3. The molecule has 2 rings (SSSR count). The van der Waals surface area contributed by atoms with Gasteiger partial charge in [-0.1, -0.05) is 0 Å². The fourth-order valence-electron chi connectivity index (χ4n) is 2.05. The fraction of sp³-hybridized carbons (Fsp3) is 0.316. The Labute approximate surface area is 153 Å². The van der Waals surface area contributed by atoms with Crippen molar-refractivity contribution in [2.75, 3.05) is 29.6 Å². The van der Waals surface area contributed by atoms with Crippen molar-refractivity contribution in [3.05, 3.63) is 48.2 Å². The summed E-state index contributed by atoms with van der Waals surface area (Å²) in [4.78, 5) is 30.2. The van der Waals surface area contributed by atoms with Gasteiger partial charge in [-0.3, -0.25) is 10.1 Å². The van der Waals surface area contributed by atoms with Crippen molar-refractivity contribution in [3.63, 3.8) is 0 Å². The number of hydrogen-bond donors (Lipinski definition) is 2. The van der Waals surface area contributed by atoms with E-state index in [1.165, 1.54) is 0 Å². The molecule has 0 aliphatic rings. The number of aromatic nitrogens is 1. The highest BCUT2D eigenvalue weighted by atomic mass is 16.6. The molecule has 0 saturated heterocycles. The predicted molar refractivity (Wildman–Crippen MR) is 103 cm³/mol. The zero-order valence-electron chi connectivity index (χ0n) is 15.7. The van der Waals surface area contributed by atoms with Crippen LogP contribution in [0.5, 0.6) is 0 Å². The van der Waals surface area contributed by atoms with Crippen LogP contribution < -0.4 is 15.5 Å². The molecule has 2 aromatic rings. The second kappa shape index (κ2) is 7.86. The lowest BCUT2D eigenvalue weighted by Crippen LogP contribution is -2.27. The van der Waals surface area contributed by atoms with Crippen LogP contribution in [0.2, 0.25) is 0 Å². The lowest BCUT2D eigenvalue weighted by molar-refractivity contribution is 0.0636. The second-order valence-electron chi connectivity index (χ2n) is 6.96. The molecule has 26 heavy (non-hydrogen) atoms. The van der Waals surface area contributed by atoms with E-state index in [4.69, 9.17) is 4.74 Å². The molecule has 0 spiro atoms. The second-order valence-corrected chi connectivity index (χ2v) is 6.96. The van der Waals surface area contributed by atoms with Crippen molar-refractivity contribution >= 4 is 29.2 Å². The fourth-order valence-corrected chi connectivity index (χ4v) is 2.05. The molecule has 0 aliphatic heterocycles. The van der Waals surface area contributed by atoms with Gasteiger partial charge in [-0.05, 0) is 57.2 Å². The van der Waals surface area contributed by atoms with Gasteiger partial charge in [-0.15, -0.1) is 0 Å². The molecular formula is C19H24N4O3. The Bertz CT molecular complexity index is 763. The summed E-state index contributed by atoms with van der Waals surface area (Å²) >= 11 is 0. The van der Waals surface area contributed by atoms with E-state index >= 15 is 0 Å². The van der Waals surface area contributed by atoms with Gasteiger partial charge in [-0.25, -0.2) is 9.78 Å². The van der Waals surface area contributed by atoms with Crippen LogP contribution in [-0.4, -0.2) is 36.7 Å². The van der Waals surface area contributed by atoms with E-state index in [2.05, 4.69) is 15.6 Å². The first-order valence-electron chi connectivity index (χ1n) is 8.19. The van der Waals surface area contributed by atoms with Gasteiger partial charge in [0, 0.05) is 25.3 Å². The van der Waals surface area contributed by atoms with Gasteiger partial charge in [0.2, 0.25) is 0 Å². The Morgan fingerprint density at radius 2 is 1.58 bits per heavy atom. The Morgan fingerprint density at radius 1 is 0.962 bits per heavy atom. The maximum absolute atomic E-state index is 12.3. The Hall–Kier alpha value is -3.09. The third-order valence-electron chi connectivity index (χ3n) is 3.26. The molecule has 138 valence electrons. The number of carbonyl (C=O) groups excluding carboxylic acids is 2. The minimum Gasteiger partial charge on any atom is -0.444 e. The van der Waals surface area contributed by atoms with Crippen molar-refractivity contribution in [2.45, 2.75) is 26.4 Å². The number of pyridine rings is 1. The number of ether oxygens (including phenoxy) is 1. The number of benzene rings is 1. The molecule has 0 radical (unpaired) electrons. The molecule has 0 aliphatic carbocycles. The molecule has 0 fully saturated rings. The van der Waals surface area contributed by atoms with Crippen molar-refractivity contribution in [3.8, 4) is 0 Å². The average Bonchev–Trinajstić information content (AvgIpc) is 2.54. The standard InChI is InChI=1S/C19H24N4O3/c1-19(2,3)26-18(25)22-14-8-6-13(7-9-14)17(24)21-15-10-11-16(20-12-15)23(4)5/h6-12H,1-5H3,(H,21,24)(H,22,25). The van der Waals surface area contributed by atoms with Crippen LogP contribution in [0.15, 0.2) is 42.6 Å². The molecule has 7 heteroatoms. The van der Waals surface area contributed by atoms with E-state index in [-0.39, 0.29) is 5.91 Å². The van der Waals surface area contributed by atoms with Gasteiger partial charge in [0.1, 0.15) is 11.4 Å². The van der Waals surface area contributed by atoms with Crippen LogP contribution in [0, 0.1) is 0 Å². The van der Waals surface area contributed by atoms with Gasteiger partial charge in [0.05, 0.1) is 11.9 Å². The van der Waals surface area contributed by atoms with Crippen LogP contribution in [0.25, 0.3) is 0 Å². The Balaban J connectivity index is 1.96. The van der Waals surface area contributed by atoms with Gasteiger partial charge < -0.3 is 15.0 Å². The highest BCUT2D eigenvalue weighted by Gasteiger charge is 2.16. The molecule has 1 aromatic heterocycles. The molecule has 2 amide bonds. The summed E-state index contributed by atoms with van der Waals surface area (Å²) in [5.41, 5.74) is 1.06. The van der Waals surface area contributed by atoms with Gasteiger partial charge in [0.25, 0.3) is 5.91 Å². The molecule has 1 heterocycles. The van der Waals surface area contributed by atoms with Crippen molar-refractivity contribution < 1.29 is 14.3 Å². The van der Waals surface area contributed by atoms with Crippen molar-refractivity contribution in [1.82, 2.24) is 4.98 Å². The van der Waals surface area contributed by atoms with Gasteiger partial charge in [0.15, 0.2) is 0 Å². The number of nitrogens with one attached hydrogen (secondary N) is 2. The summed E-state index contributed by atoms with van der Waals surface area (Å²) in [6.07, 6.45) is 1.06. The number of rotatable bonds is 4. The molecule has 1 aromatic carbocycles. The van der Waals surface area contributed by atoms with E-state index in [0.717, 1.165) is 5.82 Å². The van der Waals surface area contributed by atoms with E-state index in [9.17, 15) is 9.59 Å². The summed E-state index contributed by atoms with van der Waals surface area (Å²) < 4.78 is 5.19. The van der Waals surface area contributed by atoms with Crippen LogP contribution >= 0.6 is 0 Å². The first kappa shape index (κ1) is 19.2. The number of carbonyl (C=O) groups is 2. The van der Waals surface area contributed by atoms with Crippen molar-refractivity contribution in [2.24, 2.45) is 0 Å². The molecule has 0 unspecified atom stereocenters. The minimum atomic E-state index is -0.569. The lowest BCUT2D eigenvalue weighted by Gasteiger charge is -2.19. The van der Waals surface area contributed by atoms with E-state index in [1.807, 2.05) is 25.1 Å². The highest BCUT2D eigenvalue weighted by molar-refractivity contribution is 6.04. The summed E-state index contributed by atoms with van der Waals surface area (Å²) in [6.45, 7) is 5.37. The molecular weight excluding hydrogens is 332 g/mol. The van der Waals surface area contributed by atoms with Crippen LogP contribution in [0.1, 0.15) is 31.1 Å². The zero-order valence-corrected chi connectivity index (χ0v) is 15.7. The summed E-state index contributed by atoms with van der Waals surface area (Å²) in [5.74, 6) is 0.550. The Kier molecular flexibility index (Phi) is 5.82. The Morgan fingerprint density at radius 3 is 2.08 bits per heavy atom. The molecule has 0 atom stereocenters. The molecule has 2 N–H and O–H groups in total. The molecule has 7 nitrogen and oxygen atoms in total. The van der Waals surface area contributed by atoms with E-state index < -0.39 is 11.7 Å². The highest BCUT2D eigenvalue weighted by Crippen LogP contribution is 2.15. The third-order valence-corrected chi connectivity index (χ3v) is 3.26. The monoisotopic (exact) mass is 356 g/mol. The predicted octanol–water partition coefficient (Wildman–Crippen LogP) is 3.75. The van der Waals surface area contributed by atoms with E-state index in [1.54, 1.807) is 57.3 Å². The molecule has 0 saturated carbocycles. The van der Waals surface area contributed by atoms with E-state index in [0.29, 0.717) is 16.9 Å². The summed E-state index contributed by atoms with van der Waals surface area (Å²) in [7, 11) is 3.79. The van der Waals surface area contributed by atoms with Gasteiger partial charge >= 0.3 is 6.09 Å². The quantitative estimate of drug-likeness (QED) is 0.872. The van der Waals surface area contributed by atoms with Crippen LogP contribution in [-0.2, 0) is 4.74 Å². The topological polar surface area (TPSA) is 83.6 Å².